The van der Waals surface area contributed by atoms with Crippen LogP contribution >= 0.6 is 0 Å². The summed E-state index contributed by atoms with van der Waals surface area (Å²) in [6, 6.07) is 38.7. The number of amides is 2. The lowest BCUT2D eigenvalue weighted by molar-refractivity contribution is -0.143. The molecule has 3 aliphatic rings. The summed E-state index contributed by atoms with van der Waals surface area (Å²) in [5, 5.41) is 11.9. The second kappa shape index (κ2) is 41.7. The standard InChI is InChI=1S/2C26H27FN2O2.C21H26N2O3.C8H7FO2.2C3H6O2/c2*1-16-5-8-24(27)22(11-16)26(30)29-10-9-19-6-7-20(13-21(19)15-29)18(3)23-14-28-25(31-4)12-17(23)2;1-4-26-21(24)11-18(19-13-23-20(25-3)9-14(19)2)16-6-5-15-7-8-22-12-17(15)10-16;1-5-2-3-7(9)6(4-5)8(10)11;2*1-2-5-3-4/h2*5-8,11-14,18H,9-10,15H2,1-4H3;5-6,9-10,13,18,22H,4,7-8,11-12H2,1-3H3;2-4H,1H3,(H,10,11);2*3H,2H2,1H3/t2*18-;;;;/m10..../s1. The number of carbonyl (C=O) groups excluding carboxylic acids is 5. The van der Waals surface area contributed by atoms with Crippen molar-refractivity contribution in [3.63, 3.8) is 0 Å². The van der Waals surface area contributed by atoms with Crippen LogP contribution < -0.4 is 19.5 Å². The lowest BCUT2D eigenvalue weighted by Crippen LogP contribution is -2.36. The summed E-state index contributed by atoms with van der Waals surface area (Å²) in [5.74, 6) is -1.52. The second-order valence-corrected chi connectivity index (χ2v) is 26.6. The van der Waals surface area contributed by atoms with Crippen LogP contribution in [0, 0.1) is 59.0 Å². The first-order valence-corrected chi connectivity index (χ1v) is 36.2. The number of pyridine rings is 3. The summed E-state index contributed by atoms with van der Waals surface area (Å²) in [7, 11) is 4.84. The molecule has 6 aromatic carbocycles. The SMILES string of the molecule is CCOC(=O)CC(c1ccc2c(c1)CNCC2)c1cnc(OC)cc1C.CCOC=O.CCOC=O.COc1cc(C)c([C@@H](C)c2ccc3c(c2)CN(C(=O)c2cc(C)ccc2F)CC3)cn1.COc1cc(C)c([C@H](C)c2ccc3c(c2)CN(C(=O)c2cc(C)ccc2F)CC3)cn1.Cc1ccc(F)c(C(=O)O)c1. The van der Waals surface area contributed by atoms with Gasteiger partial charge in [-0.25, -0.2) is 32.9 Å². The normalized spacial score (nSPS) is 13.1. The summed E-state index contributed by atoms with van der Waals surface area (Å²) in [6.45, 7) is 27.5. The van der Waals surface area contributed by atoms with E-state index >= 15 is 0 Å². The fourth-order valence-corrected chi connectivity index (χ4v) is 13.0. The highest BCUT2D eigenvalue weighted by molar-refractivity contribution is 5.95. The van der Waals surface area contributed by atoms with Gasteiger partial charge in [0.15, 0.2) is 0 Å². The number of carbonyl (C=O) groups is 6. The van der Waals surface area contributed by atoms with Gasteiger partial charge in [0.1, 0.15) is 17.5 Å². The smallest absolute Gasteiger partial charge is 0.338 e. The second-order valence-electron chi connectivity index (χ2n) is 26.6. The third-order valence-corrected chi connectivity index (χ3v) is 19.1. The number of ether oxygens (including phenoxy) is 6. The highest BCUT2D eigenvalue weighted by Crippen LogP contribution is 2.36. The minimum Gasteiger partial charge on any atom is -0.481 e. The predicted molar refractivity (Wildman–Crippen MR) is 412 cm³/mol. The van der Waals surface area contributed by atoms with Crippen LogP contribution in [0.4, 0.5) is 13.2 Å². The van der Waals surface area contributed by atoms with Crippen molar-refractivity contribution in [1.29, 1.82) is 0 Å². The number of hydrogen-bond acceptors (Lipinski definition) is 16. The first-order chi connectivity index (χ1) is 52.3. The van der Waals surface area contributed by atoms with Gasteiger partial charge in [-0.1, -0.05) is 103 Å². The van der Waals surface area contributed by atoms with Crippen LogP contribution in [0.25, 0.3) is 0 Å². The van der Waals surface area contributed by atoms with E-state index in [1.54, 1.807) is 76.2 Å². The first kappa shape index (κ1) is 85.0. The number of rotatable bonds is 19. The molecular formula is C87H99F3N6O13. The van der Waals surface area contributed by atoms with Crippen LogP contribution in [0.1, 0.15) is 190 Å². The number of carboxylic acid groups (broad SMARTS) is 1. The van der Waals surface area contributed by atoms with E-state index in [0.29, 0.717) is 83.0 Å². The van der Waals surface area contributed by atoms with Crippen LogP contribution in [0.15, 0.2) is 146 Å². The Morgan fingerprint density at radius 2 is 0.872 bits per heavy atom. The number of nitrogens with one attached hydrogen (secondary N) is 1. The first-order valence-electron chi connectivity index (χ1n) is 36.2. The highest BCUT2D eigenvalue weighted by atomic mass is 19.1. The van der Waals surface area contributed by atoms with Gasteiger partial charge in [-0.05, 0) is 208 Å². The zero-order valence-corrected chi connectivity index (χ0v) is 64.7. The Labute approximate surface area is 637 Å². The van der Waals surface area contributed by atoms with Crippen molar-refractivity contribution in [3.8, 4) is 17.6 Å². The molecule has 0 radical (unpaired) electrons. The lowest BCUT2D eigenvalue weighted by atomic mass is 9.85. The van der Waals surface area contributed by atoms with E-state index in [0.717, 1.165) is 105 Å². The fraction of sp³-hybridized carbons (Fsp3) is 0.345. The fourth-order valence-electron chi connectivity index (χ4n) is 13.0. The number of benzene rings is 6. The molecule has 9 aromatic rings. The van der Waals surface area contributed by atoms with Crippen LogP contribution in [0.5, 0.6) is 17.6 Å². The number of halogens is 3. The number of hydrogen-bond donors (Lipinski definition) is 2. The molecule has 0 saturated heterocycles. The number of aromatic carboxylic acids is 1. The molecule has 576 valence electrons. The zero-order chi connectivity index (χ0) is 79.4. The number of esters is 1. The van der Waals surface area contributed by atoms with Crippen LogP contribution in [0.2, 0.25) is 0 Å². The molecule has 22 heteroatoms. The van der Waals surface area contributed by atoms with E-state index in [1.807, 2.05) is 64.5 Å². The van der Waals surface area contributed by atoms with Crippen molar-refractivity contribution in [1.82, 2.24) is 30.1 Å². The Hall–Kier alpha value is -11.3. The Morgan fingerprint density at radius 3 is 1.24 bits per heavy atom. The van der Waals surface area contributed by atoms with Gasteiger partial charge in [-0.3, -0.25) is 24.0 Å². The van der Waals surface area contributed by atoms with Gasteiger partial charge >= 0.3 is 11.9 Å². The van der Waals surface area contributed by atoms with Crippen LogP contribution in [-0.2, 0) is 67.5 Å². The van der Waals surface area contributed by atoms with E-state index in [2.05, 4.69) is 112 Å². The maximum absolute atomic E-state index is 14.3. The van der Waals surface area contributed by atoms with Gasteiger partial charge in [-0.2, -0.15) is 0 Å². The highest BCUT2D eigenvalue weighted by Gasteiger charge is 2.29. The third-order valence-electron chi connectivity index (χ3n) is 19.1. The average molecular weight is 1490 g/mol. The summed E-state index contributed by atoms with van der Waals surface area (Å²) >= 11 is 0. The lowest BCUT2D eigenvalue weighted by Gasteiger charge is -2.30. The molecule has 12 rings (SSSR count). The Morgan fingerprint density at radius 1 is 0.486 bits per heavy atom. The molecule has 1 unspecified atom stereocenters. The molecule has 3 atom stereocenters. The molecule has 3 aromatic heterocycles. The topological polar surface area (TPSA) is 235 Å². The summed E-state index contributed by atoms with van der Waals surface area (Å²) in [6.07, 6.45) is 8.44. The molecule has 6 heterocycles. The number of methoxy groups -OCH3 is 3. The molecule has 0 aliphatic carbocycles. The van der Waals surface area contributed by atoms with Crippen LogP contribution in [0.3, 0.4) is 0 Å². The van der Waals surface area contributed by atoms with E-state index in [-0.39, 0.29) is 52.2 Å². The van der Waals surface area contributed by atoms with Gasteiger partial charge in [0.2, 0.25) is 17.6 Å². The van der Waals surface area contributed by atoms with Crippen molar-refractivity contribution in [3.05, 3.63) is 280 Å². The summed E-state index contributed by atoms with van der Waals surface area (Å²) in [4.78, 5) is 83.5. The molecular weight excluding hydrogens is 1390 g/mol. The average Bonchev–Trinajstić information content (AvgIpc) is 0.804. The van der Waals surface area contributed by atoms with Crippen LogP contribution in [-0.4, -0.2) is 127 Å². The number of aromatic nitrogens is 3. The van der Waals surface area contributed by atoms with E-state index in [1.165, 1.54) is 57.6 Å². The molecule has 0 saturated carbocycles. The monoisotopic (exact) mass is 1490 g/mol. The number of carboxylic acids is 1. The van der Waals surface area contributed by atoms with E-state index < -0.39 is 23.4 Å². The Bertz CT molecular complexity index is 4440. The van der Waals surface area contributed by atoms with Crippen molar-refractivity contribution < 1.29 is 75.5 Å². The van der Waals surface area contributed by atoms with Gasteiger partial charge in [0, 0.05) is 87.3 Å². The predicted octanol–water partition coefficient (Wildman–Crippen LogP) is 15.7. The molecule has 0 fully saturated rings. The number of nitrogens with zero attached hydrogens (tertiary/aromatic N) is 5. The largest absolute Gasteiger partial charge is 0.481 e. The van der Waals surface area contributed by atoms with Gasteiger partial charge in [-0.15, -0.1) is 0 Å². The van der Waals surface area contributed by atoms with Crippen molar-refractivity contribution in [2.45, 2.75) is 139 Å². The molecule has 2 amide bonds. The third kappa shape index (κ3) is 23.6. The van der Waals surface area contributed by atoms with Gasteiger partial charge < -0.3 is 48.6 Å². The Kier molecular flexibility index (Phi) is 32.6. The Balaban J connectivity index is 0.000000201. The quantitative estimate of drug-likeness (QED) is 0.0435. The summed E-state index contributed by atoms with van der Waals surface area (Å²) in [5.41, 5.74) is 20.0. The minimum absolute atomic E-state index is 0.0836. The van der Waals surface area contributed by atoms with Crippen molar-refractivity contribution >= 4 is 36.7 Å². The van der Waals surface area contributed by atoms with Gasteiger partial charge in [0.25, 0.3) is 24.8 Å². The molecule has 3 aliphatic heterocycles. The molecule has 0 bridgehead atoms. The molecule has 2 N–H and O–H groups in total. The minimum atomic E-state index is -1.23. The zero-order valence-electron chi connectivity index (χ0n) is 64.7. The number of fused-ring (bicyclic) bond motifs is 3. The maximum atomic E-state index is 14.3. The molecule has 109 heavy (non-hydrogen) atoms. The van der Waals surface area contributed by atoms with Crippen molar-refractivity contribution in [2.24, 2.45) is 0 Å². The van der Waals surface area contributed by atoms with E-state index in [4.69, 9.17) is 24.1 Å². The van der Waals surface area contributed by atoms with Gasteiger partial charge in [0.05, 0.1) is 64.3 Å². The number of aryl methyl sites for hydroxylation is 6. The van der Waals surface area contributed by atoms with Crippen molar-refractivity contribution in [2.75, 3.05) is 60.8 Å². The maximum Gasteiger partial charge on any atom is 0.338 e. The molecule has 0 spiro atoms. The summed E-state index contributed by atoms with van der Waals surface area (Å²) < 4.78 is 70.3. The van der Waals surface area contributed by atoms with E-state index in [9.17, 15) is 41.9 Å². The molecule has 19 nitrogen and oxygen atoms in total.